The van der Waals surface area contributed by atoms with E-state index in [1.807, 2.05) is 35.6 Å². The molecule has 0 aliphatic heterocycles. The number of nitrogen functional groups attached to an aromatic ring is 1. The van der Waals surface area contributed by atoms with Crippen LogP contribution in [0.25, 0.3) is 16.2 Å². The Morgan fingerprint density at radius 2 is 2.00 bits per heavy atom. The lowest BCUT2D eigenvalue weighted by Gasteiger charge is -2.05. The number of nitrogens with two attached hydrogens (primary N) is 1. The third-order valence-electron chi connectivity index (χ3n) is 3.21. The fourth-order valence-corrected chi connectivity index (χ4v) is 3.48. The summed E-state index contributed by atoms with van der Waals surface area (Å²) in [5.74, 6) is 0.718. The molecule has 0 saturated heterocycles. The van der Waals surface area contributed by atoms with E-state index in [1.165, 1.54) is 4.88 Å². The van der Waals surface area contributed by atoms with Crippen LogP contribution in [0.15, 0.2) is 24.3 Å². The molecule has 0 amide bonds. The van der Waals surface area contributed by atoms with Crippen LogP contribution in [0.2, 0.25) is 5.02 Å². The molecule has 0 saturated carbocycles. The number of rotatable bonds is 2. The number of imidazole rings is 1. The summed E-state index contributed by atoms with van der Waals surface area (Å²) < 4.78 is 2.04. The summed E-state index contributed by atoms with van der Waals surface area (Å²) in [6.45, 7) is 4.08. The first-order chi connectivity index (χ1) is 9.11. The summed E-state index contributed by atoms with van der Waals surface area (Å²) in [6.07, 6.45) is 0.963. The van der Waals surface area contributed by atoms with Gasteiger partial charge >= 0.3 is 0 Å². The molecule has 0 unspecified atom stereocenters. The van der Waals surface area contributed by atoms with Crippen LogP contribution in [-0.4, -0.2) is 9.38 Å². The highest BCUT2D eigenvalue weighted by Gasteiger charge is 2.17. The molecule has 1 aromatic carbocycles. The van der Waals surface area contributed by atoms with E-state index in [9.17, 15) is 0 Å². The number of hydrogen-bond donors (Lipinski definition) is 1. The molecular weight excluding hydrogens is 278 g/mol. The number of nitrogens with zero attached hydrogens (tertiary/aromatic N) is 2. The Balaban J connectivity index is 2.33. The Hall–Kier alpha value is -1.52. The fourth-order valence-electron chi connectivity index (χ4n) is 2.22. The molecule has 0 aliphatic rings. The molecule has 2 aromatic heterocycles. The zero-order chi connectivity index (χ0) is 13.6. The molecule has 0 aliphatic carbocycles. The van der Waals surface area contributed by atoms with E-state index in [0.717, 1.165) is 39.2 Å². The van der Waals surface area contributed by atoms with Crippen LogP contribution in [-0.2, 0) is 6.42 Å². The van der Waals surface area contributed by atoms with Gasteiger partial charge in [-0.25, -0.2) is 4.98 Å². The average molecular weight is 292 g/mol. The number of halogens is 1. The molecule has 98 valence electrons. The first-order valence-corrected chi connectivity index (χ1v) is 7.33. The normalized spacial score (nSPS) is 11.3. The lowest BCUT2D eigenvalue weighted by atomic mass is 10.1. The van der Waals surface area contributed by atoms with E-state index in [2.05, 4.69) is 11.9 Å². The molecule has 0 fully saturated rings. The van der Waals surface area contributed by atoms with Crippen molar-refractivity contribution >= 4 is 33.7 Å². The van der Waals surface area contributed by atoms with Gasteiger partial charge in [0.05, 0.1) is 11.4 Å². The molecular formula is C14H14ClN3S. The first-order valence-electron chi connectivity index (χ1n) is 6.14. The maximum Gasteiger partial charge on any atom is 0.196 e. The van der Waals surface area contributed by atoms with E-state index >= 15 is 0 Å². The van der Waals surface area contributed by atoms with Gasteiger partial charge < -0.3 is 5.73 Å². The molecule has 3 rings (SSSR count). The van der Waals surface area contributed by atoms with Gasteiger partial charge in [-0.1, -0.05) is 30.7 Å². The average Bonchev–Trinajstić information content (AvgIpc) is 2.88. The Bertz CT molecular complexity index is 740. The third kappa shape index (κ3) is 1.91. The smallest absolute Gasteiger partial charge is 0.196 e. The lowest BCUT2D eigenvalue weighted by Crippen LogP contribution is -1.96. The number of thiazole rings is 1. The van der Waals surface area contributed by atoms with Crippen molar-refractivity contribution in [3.8, 4) is 11.3 Å². The second kappa shape index (κ2) is 4.54. The maximum atomic E-state index is 6.16. The van der Waals surface area contributed by atoms with Crippen molar-refractivity contribution in [1.29, 1.82) is 0 Å². The second-order valence-corrected chi connectivity index (χ2v) is 5.93. The van der Waals surface area contributed by atoms with Gasteiger partial charge in [0, 0.05) is 9.90 Å². The summed E-state index contributed by atoms with van der Waals surface area (Å²) in [7, 11) is 0. The van der Waals surface area contributed by atoms with E-state index in [-0.39, 0.29) is 0 Å². The Morgan fingerprint density at radius 1 is 1.32 bits per heavy atom. The van der Waals surface area contributed by atoms with Crippen LogP contribution in [0.1, 0.15) is 17.5 Å². The second-order valence-electron chi connectivity index (χ2n) is 4.43. The molecule has 0 atom stereocenters. The number of fused-ring (bicyclic) bond motifs is 1. The van der Waals surface area contributed by atoms with Crippen molar-refractivity contribution < 1.29 is 0 Å². The highest BCUT2D eigenvalue weighted by Crippen LogP contribution is 2.35. The number of hydrogen-bond acceptors (Lipinski definition) is 3. The monoisotopic (exact) mass is 291 g/mol. The minimum atomic E-state index is 0.718. The van der Waals surface area contributed by atoms with Gasteiger partial charge in [0.15, 0.2) is 4.96 Å². The summed E-state index contributed by atoms with van der Waals surface area (Å²) >= 11 is 7.66. The van der Waals surface area contributed by atoms with E-state index < -0.39 is 0 Å². The largest absolute Gasteiger partial charge is 0.383 e. The Morgan fingerprint density at radius 3 is 2.63 bits per heavy atom. The molecule has 3 aromatic rings. The number of anilines is 1. The van der Waals surface area contributed by atoms with Crippen LogP contribution in [0.5, 0.6) is 0 Å². The predicted molar refractivity (Wildman–Crippen MR) is 82.0 cm³/mol. The van der Waals surface area contributed by atoms with E-state index in [4.69, 9.17) is 17.3 Å². The van der Waals surface area contributed by atoms with Gasteiger partial charge in [-0.2, -0.15) is 0 Å². The minimum absolute atomic E-state index is 0.718. The molecule has 2 heterocycles. The number of benzene rings is 1. The molecule has 5 heteroatoms. The van der Waals surface area contributed by atoms with Crippen molar-refractivity contribution in [2.45, 2.75) is 20.3 Å². The SMILES string of the molecule is CCc1sc2nc(C)c(N)n2c1-c1ccc(Cl)cc1. The molecule has 2 N–H and O–H groups in total. The summed E-state index contributed by atoms with van der Waals surface area (Å²) in [6, 6.07) is 7.86. The van der Waals surface area contributed by atoms with Crippen LogP contribution in [0, 0.1) is 6.92 Å². The fraction of sp³-hybridized carbons (Fsp3) is 0.214. The van der Waals surface area contributed by atoms with Crippen molar-refractivity contribution in [2.24, 2.45) is 0 Å². The van der Waals surface area contributed by atoms with E-state index in [0.29, 0.717) is 0 Å². The topological polar surface area (TPSA) is 43.3 Å². The highest BCUT2D eigenvalue weighted by molar-refractivity contribution is 7.17. The standard InChI is InChI=1S/C14H14ClN3S/c1-3-11-12(9-4-6-10(15)7-5-9)18-13(16)8(2)17-14(18)19-11/h4-7H,3,16H2,1-2H3. The van der Waals surface area contributed by atoms with Gasteiger partial charge in [0.2, 0.25) is 0 Å². The van der Waals surface area contributed by atoms with Gasteiger partial charge in [-0.15, -0.1) is 11.3 Å². The van der Waals surface area contributed by atoms with Gasteiger partial charge in [-0.05, 0) is 31.0 Å². The summed E-state index contributed by atoms with van der Waals surface area (Å²) in [4.78, 5) is 6.76. The van der Waals surface area contributed by atoms with Crippen LogP contribution >= 0.6 is 22.9 Å². The number of aryl methyl sites for hydroxylation is 2. The van der Waals surface area contributed by atoms with Crippen LogP contribution in [0.4, 0.5) is 5.82 Å². The Labute approximate surface area is 120 Å². The lowest BCUT2D eigenvalue weighted by molar-refractivity contribution is 1.14. The minimum Gasteiger partial charge on any atom is -0.383 e. The molecule has 0 spiro atoms. The first kappa shape index (κ1) is 12.5. The predicted octanol–water partition coefficient (Wildman–Crippen LogP) is 4.17. The van der Waals surface area contributed by atoms with Crippen LogP contribution < -0.4 is 5.73 Å². The summed E-state index contributed by atoms with van der Waals surface area (Å²) in [5.41, 5.74) is 9.29. The van der Waals surface area contributed by atoms with Crippen molar-refractivity contribution in [1.82, 2.24) is 9.38 Å². The quantitative estimate of drug-likeness (QED) is 0.770. The third-order valence-corrected chi connectivity index (χ3v) is 4.64. The molecule has 19 heavy (non-hydrogen) atoms. The molecule has 3 nitrogen and oxygen atoms in total. The molecule has 0 bridgehead atoms. The maximum absolute atomic E-state index is 6.16. The van der Waals surface area contributed by atoms with Crippen molar-refractivity contribution in [3.63, 3.8) is 0 Å². The van der Waals surface area contributed by atoms with Gasteiger partial charge in [-0.3, -0.25) is 4.40 Å². The van der Waals surface area contributed by atoms with Crippen molar-refractivity contribution in [3.05, 3.63) is 39.9 Å². The summed E-state index contributed by atoms with van der Waals surface area (Å²) in [5, 5.41) is 0.739. The highest BCUT2D eigenvalue weighted by atomic mass is 35.5. The molecule has 0 radical (unpaired) electrons. The number of aromatic nitrogens is 2. The van der Waals surface area contributed by atoms with Gasteiger partial charge in [0.25, 0.3) is 0 Å². The van der Waals surface area contributed by atoms with Crippen molar-refractivity contribution in [2.75, 3.05) is 5.73 Å². The zero-order valence-corrected chi connectivity index (χ0v) is 12.3. The van der Waals surface area contributed by atoms with E-state index in [1.54, 1.807) is 11.3 Å². The zero-order valence-electron chi connectivity index (χ0n) is 10.8. The Kier molecular flexibility index (Phi) is 2.99. The van der Waals surface area contributed by atoms with Gasteiger partial charge in [0.1, 0.15) is 5.82 Å². The van der Waals surface area contributed by atoms with Crippen LogP contribution in [0.3, 0.4) is 0 Å².